The number of rotatable bonds is 6. The van der Waals surface area contributed by atoms with Gasteiger partial charge in [0.05, 0.1) is 18.7 Å². The number of carbonyl (C=O) groups excluding carboxylic acids is 1. The van der Waals surface area contributed by atoms with Gasteiger partial charge in [0.25, 0.3) is 0 Å². The van der Waals surface area contributed by atoms with E-state index >= 15 is 0 Å². The molecule has 0 atom stereocenters. The van der Waals surface area contributed by atoms with Gasteiger partial charge in [0.2, 0.25) is 5.91 Å². The second kappa shape index (κ2) is 7.66. The highest BCUT2D eigenvalue weighted by Gasteiger charge is 2.07. The summed E-state index contributed by atoms with van der Waals surface area (Å²) in [5.41, 5.74) is 3.34. The van der Waals surface area contributed by atoms with Gasteiger partial charge in [-0.25, -0.2) is 4.68 Å². The Morgan fingerprint density at radius 2 is 1.88 bits per heavy atom. The Labute approximate surface area is 147 Å². The molecular weight excluding hydrogens is 314 g/mol. The van der Waals surface area contributed by atoms with Gasteiger partial charge in [0.1, 0.15) is 5.75 Å². The first kappa shape index (κ1) is 16.8. The van der Waals surface area contributed by atoms with Crippen LogP contribution < -0.4 is 10.1 Å². The Balaban J connectivity index is 1.49. The average Bonchev–Trinajstić information content (AvgIpc) is 3.07. The van der Waals surface area contributed by atoms with Crippen molar-refractivity contribution in [3.05, 3.63) is 71.9 Å². The van der Waals surface area contributed by atoms with Crippen molar-refractivity contribution >= 4 is 11.7 Å². The van der Waals surface area contributed by atoms with Crippen LogP contribution in [0.2, 0.25) is 0 Å². The molecule has 2 aromatic carbocycles. The zero-order valence-electron chi connectivity index (χ0n) is 14.4. The molecule has 3 aromatic rings. The van der Waals surface area contributed by atoms with E-state index in [4.69, 9.17) is 4.74 Å². The first-order valence-electron chi connectivity index (χ1n) is 8.23. The lowest BCUT2D eigenvalue weighted by Crippen LogP contribution is -2.15. The van der Waals surface area contributed by atoms with Gasteiger partial charge >= 0.3 is 0 Å². The lowest BCUT2D eigenvalue weighted by molar-refractivity contribution is -0.116. The number of hydrogen-bond acceptors (Lipinski definition) is 3. The number of carbonyl (C=O) groups is 1. The van der Waals surface area contributed by atoms with Crippen LogP contribution in [-0.4, -0.2) is 22.3 Å². The van der Waals surface area contributed by atoms with Crippen LogP contribution in [0, 0.1) is 13.8 Å². The molecule has 0 fully saturated rings. The summed E-state index contributed by atoms with van der Waals surface area (Å²) in [4.78, 5) is 12.0. The van der Waals surface area contributed by atoms with Gasteiger partial charge in [-0.15, -0.1) is 0 Å². The summed E-state index contributed by atoms with van der Waals surface area (Å²) in [5.74, 6) is 1.19. The van der Waals surface area contributed by atoms with Crippen molar-refractivity contribution in [1.29, 1.82) is 0 Å². The van der Waals surface area contributed by atoms with Gasteiger partial charge in [0, 0.05) is 12.3 Å². The third-order valence-electron chi connectivity index (χ3n) is 3.95. The highest BCUT2D eigenvalue weighted by molar-refractivity contribution is 5.89. The van der Waals surface area contributed by atoms with Gasteiger partial charge in [-0.3, -0.25) is 4.79 Å². The smallest absolute Gasteiger partial charge is 0.229 e. The zero-order chi connectivity index (χ0) is 17.6. The Hall–Kier alpha value is -3.08. The summed E-state index contributed by atoms with van der Waals surface area (Å²) in [6.07, 6.45) is 2.08. The predicted molar refractivity (Wildman–Crippen MR) is 98.2 cm³/mol. The van der Waals surface area contributed by atoms with Crippen molar-refractivity contribution in [3.8, 4) is 11.4 Å². The molecule has 0 spiro atoms. The lowest BCUT2D eigenvalue weighted by atomic mass is 10.1. The van der Waals surface area contributed by atoms with E-state index in [-0.39, 0.29) is 12.3 Å². The van der Waals surface area contributed by atoms with Crippen LogP contribution in [-0.2, 0) is 4.79 Å². The molecule has 0 saturated carbocycles. The van der Waals surface area contributed by atoms with Crippen LogP contribution >= 0.6 is 0 Å². The van der Waals surface area contributed by atoms with Crippen LogP contribution in [0.25, 0.3) is 5.69 Å². The fraction of sp³-hybridized carbons (Fsp3) is 0.200. The Morgan fingerprint density at radius 1 is 1.08 bits per heavy atom. The molecule has 0 bridgehead atoms. The van der Waals surface area contributed by atoms with Crippen molar-refractivity contribution in [2.24, 2.45) is 0 Å². The number of benzene rings is 2. The second-order valence-electron chi connectivity index (χ2n) is 5.87. The van der Waals surface area contributed by atoms with E-state index in [1.54, 1.807) is 10.7 Å². The monoisotopic (exact) mass is 335 g/mol. The maximum Gasteiger partial charge on any atom is 0.229 e. The summed E-state index contributed by atoms with van der Waals surface area (Å²) in [5, 5.41) is 7.14. The molecule has 0 aliphatic rings. The Bertz CT molecular complexity index is 856. The van der Waals surface area contributed by atoms with Crippen LogP contribution in [0.3, 0.4) is 0 Å². The Kier molecular flexibility index (Phi) is 5.14. The first-order chi connectivity index (χ1) is 12.1. The normalized spacial score (nSPS) is 10.5. The molecule has 0 saturated heterocycles. The third kappa shape index (κ3) is 4.47. The first-order valence-corrected chi connectivity index (χ1v) is 8.23. The fourth-order valence-corrected chi connectivity index (χ4v) is 2.39. The molecule has 5 heteroatoms. The molecule has 25 heavy (non-hydrogen) atoms. The maximum absolute atomic E-state index is 12.0. The number of ether oxygens (including phenoxy) is 1. The molecule has 1 N–H and O–H groups in total. The topological polar surface area (TPSA) is 56.1 Å². The molecule has 0 aliphatic heterocycles. The summed E-state index contributed by atoms with van der Waals surface area (Å²) in [6, 6.07) is 17.4. The van der Waals surface area contributed by atoms with E-state index in [1.807, 2.05) is 61.7 Å². The molecular formula is C20H21N3O2. The highest BCUT2D eigenvalue weighted by atomic mass is 16.5. The molecule has 0 aliphatic carbocycles. The molecule has 0 unspecified atom stereocenters. The van der Waals surface area contributed by atoms with E-state index in [2.05, 4.69) is 17.3 Å². The number of nitrogens with zero attached hydrogens (tertiary/aromatic N) is 2. The van der Waals surface area contributed by atoms with Crippen LogP contribution in [0.4, 0.5) is 5.82 Å². The van der Waals surface area contributed by atoms with Crippen LogP contribution in [0.5, 0.6) is 5.75 Å². The van der Waals surface area contributed by atoms with Crippen molar-refractivity contribution in [2.75, 3.05) is 11.9 Å². The van der Waals surface area contributed by atoms with Crippen molar-refractivity contribution in [2.45, 2.75) is 20.3 Å². The fourth-order valence-electron chi connectivity index (χ4n) is 2.39. The minimum absolute atomic E-state index is 0.123. The molecule has 3 rings (SSSR count). The number of nitrogens with one attached hydrogen (secondary N) is 1. The molecule has 5 nitrogen and oxygen atoms in total. The van der Waals surface area contributed by atoms with E-state index in [9.17, 15) is 4.79 Å². The SMILES string of the molecule is Cc1ccc(OCCC(=O)Nc2ccn(-c3ccccc3)n2)cc1C. The number of para-hydroxylation sites is 1. The van der Waals surface area contributed by atoms with Gasteiger partial charge in [-0.05, 0) is 49.2 Å². The maximum atomic E-state index is 12.0. The number of aromatic nitrogens is 2. The summed E-state index contributed by atoms with van der Waals surface area (Å²) in [7, 11) is 0. The average molecular weight is 335 g/mol. The van der Waals surface area contributed by atoms with Gasteiger partial charge in [0.15, 0.2) is 5.82 Å². The number of hydrogen-bond donors (Lipinski definition) is 1. The number of anilines is 1. The summed E-state index contributed by atoms with van der Waals surface area (Å²) < 4.78 is 7.36. The summed E-state index contributed by atoms with van der Waals surface area (Å²) >= 11 is 0. The predicted octanol–water partition coefficient (Wildman–Crippen LogP) is 3.90. The molecule has 1 amide bonds. The van der Waals surface area contributed by atoms with E-state index in [1.165, 1.54) is 11.1 Å². The summed E-state index contributed by atoms with van der Waals surface area (Å²) in [6.45, 7) is 4.42. The zero-order valence-corrected chi connectivity index (χ0v) is 14.4. The molecule has 1 aromatic heterocycles. The van der Waals surface area contributed by atoms with Crippen molar-refractivity contribution in [3.63, 3.8) is 0 Å². The minimum atomic E-state index is -0.123. The second-order valence-corrected chi connectivity index (χ2v) is 5.87. The quantitative estimate of drug-likeness (QED) is 0.743. The minimum Gasteiger partial charge on any atom is -0.493 e. The van der Waals surface area contributed by atoms with E-state index in [0.717, 1.165) is 11.4 Å². The molecule has 128 valence electrons. The number of amides is 1. The van der Waals surface area contributed by atoms with Gasteiger partial charge in [-0.1, -0.05) is 24.3 Å². The van der Waals surface area contributed by atoms with Gasteiger partial charge in [-0.2, -0.15) is 5.10 Å². The largest absolute Gasteiger partial charge is 0.493 e. The van der Waals surface area contributed by atoms with E-state index < -0.39 is 0 Å². The van der Waals surface area contributed by atoms with E-state index in [0.29, 0.717) is 12.4 Å². The molecule has 0 radical (unpaired) electrons. The van der Waals surface area contributed by atoms with Crippen LogP contribution in [0.1, 0.15) is 17.5 Å². The lowest BCUT2D eigenvalue weighted by Gasteiger charge is -2.08. The van der Waals surface area contributed by atoms with Crippen LogP contribution in [0.15, 0.2) is 60.8 Å². The van der Waals surface area contributed by atoms with Crippen molar-refractivity contribution < 1.29 is 9.53 Å². The third-order valence-corrected chi connectivity index (χ3v) is 3.95. The number of aryl methyl sites for hydroxylation is 2. The highest BCUT2D eigenvalue weighted by Crippen LogP contribution is 2.16. The van der Waals surface area contributed by atoms with Crippen molar-refractivity contribution in [1.82, 2.24) is 9.78 Å². The standard InChI is InChI=1S/C20H21N3O2/c1-15-8-9-18(14-16(15)2)25-13-11-20(24)21-19-10-12-23(22-19)17-6-4-3-5-7-17/h3-10,12,14H,11,13H2,1-2H3,(H,21,22,24). The van der Waals surface area contributed by atoms with Gasteiger partial charge < -0.3 is 10.1 Å². The Morgan fingerprint density at radius 3 is 2.64 bits per heavy atom. The molecule has 1 heterocycles.